The first-order valence-electron chi connectivity index (χ1n) is 8.65. The molecule has 0 atom stereocenters. The van der Waals surface area contributed by atoms with Crippen molar-refractivity contribution in [3.05, 3.63) is 84.1 Å². The van der Waals surface area contributed by atoms with Crippen LogP contribution in [0, 0.1) is 0 Å². The number of hydrogen-bond acceptors (Lipinski definition) is 2. The fourth-order valence-corrected chi connectivity index (χ4v) is 3.81. The smallest absolute Gasteiger partial charge is 0.0707 e. The molecule has 0 radical (unpaired) electrons. The molecule has 3 aromatic carbocycles. The molecule has 0 bridgehead atoms. The monoisotopic (exact) mass is 326 g/mol. The van der Waals surface area contributed by atoms with Crippen molar-refractivity contribution in [3.63, 3.8) is 0 Å². The van der Waals surface area contributed by atoms with Crippen LogP contribution in [0.25, 0.3) is 10.8 Å². The van der Waals surface area contributed by atoms with Gasteiger partial charge in [0.05, 0.1) is 5.69 Å². The highest BCUT2D eigenvalue weighted by Gasteiger charge is 2.37. The second kappa shape index (κ2) is 5.89. The minimum absolute atomic E-state index is 0.0177. The molecule has 25 heavy (non-hydrogen) atoms. The molecule has 1 aliphatic heterocycles. The first-order chi connectivity index (χ1) is 12.1. The molecule has 0 amide bonds. The van der Waals surface area contributed by atoms with Crippen molar-refractivity contribution in [1.29, 1.82) is 0 Å². The van der Waals surface area contributed by atoms with Crippen molar-refractivity contribution >= 4 is 28.4 Å². The molecule has 1 heterocycles. The Bertz CT molecular complexity index is 990. The Morgan fingerprint density at radius 2 is 1.60 bits per heavy atom. The van der Waals surface area contributed by atoms with E-state index in [1.54, 1.807) is 0 Å². The van der Waals surface area contributed by atoms with Gasteiger partial charge in [-0.2, -0.15) is 0 Å². The van der Waals surface area contributed by atoms with Crippen molar-refractivity contribution in [2.45, 2.75) is 19.3 Å². The molecule has 0 saturated heterocycles. The third kappa shape index (κ3) is 2.54. The zero-order valence-electron chi connectivity index (χ0n) is 14.9. The Morgan fingerprint density at radius 1 is 0.880 bits per heavy atom. The van der Waals surface area contributed by atoms with Gasteiger partial charge in [0.1, 0.15) is 0 Å². The van der Waals surface area contributed by atoms with E-state index in [2.05, 4.69) is 98.6 Å². The molecule has 2 nitrogen and oxygen atoms in total. The largest absolute Gasteiger partial charge is 0.347 e. The Hall–Kier alpha value is -2.87. The van der Waals surface area contributed by atoms with Crippen LogP contribution in [0.4, 0.5) is 11.4 Å². The Morgan fingerprint density at radius 3 is 2.44 bits per heavy atom. The van der Waals surface area contributed by atoms with Gasteiger partial charge in [-0.3, -0.25) is 4.99 Å². The molecule has 0 fully saturated rings. The minimum atomic E-state index is -0.0177. The van der Waals surface area contributed by atoms with Crippen LogP contribution in [-0.2, 0) is 5.41 Å². The van der Waals surface area contributed by atoms with Gasteiger partial charge >= 0.3 is 0 Å². The standard InChI is InChI=1S/C23H22N2/c1-23(2)19-12-6-7-14-21(19)25(3)22(23)15-16-24-20-13-8-10-17-9-4-5-11-18(17)20/h4-16H,1-3H3/b22-15+,24-16?. The van der Waals surface area contributed by atoms with Crippen LogP contribution in [-0.4, -0.2) is 13.3 Å². The van der Waals surface area contributed by atoms with Crippen molar-refractivity contribution in [2.75, 3.05) is 11.9 Å². The van der Waals surface area contributed by atoms with Gasteiger partial charge in [0, 0.05) is 35.4 Å². The van der Waals surface area contributed by atoms with Crippen LogP contribution in [0.5, 0.6) is 0 Å². The summed E-state index contributed by atoms with van der Waals surface area (Å²) in [6, 6.07) is 23.2. The molecule has 0 aromatic heterocycles. The van der Waals surface area contributed by atoms with E-state index in [1.165, 1.54) is 27.7 Å². The maximum absolute atomic E-state index is 4.73. The van der Waals surface area contributed by atoms with E-state index >= 15 is 0 Å². The molecule has 0 unspecified atom stereocenters. The number of anilines is 1. The zero-order valence-corrected chi connectivity index (χ0v) is 14.9. The number of benzene rings is 3. The summed E-state index contributed by atoms with van der Waals surface area (Å²) in [6.45, 7) is 4.54. The van der Waals surface area contributed by atoms with Gasteiger partial charge in [0.15, 0.2) is 0 Å². The van der Waals surface area contributed by atoms with Gasteiger partial charge < -0.3 is 4.90 Å². The number of allylic oxidation sites excluding steroid dienone is 2. The van der Waals surface area contributed by atoms with Crippen molar-refractivity contribution in [1.82, 2.24) is 0 Å². The van der Waals surface area contributed by atoms with Crippen LogP contribution >= 0.6 is 0 Å². The summed E-state index contributed by atoms with van der Waals surface area (Å²) in [4.78, 5) is 7.00. The van der Waals surface area contributed by atoms with Gasteiger partial charge in [0.25, 0.3) is 0 Å². The lowest BCUT2D eigenvalue weighted by Crippen LogP contribution is -2.22. The summed E-state index contributed by atoms with van der Waals surface area (Å²) in [5, 5.41) is 2.40. The Labute approximate surface area is 149 Å². The van der Waals surface area contributed by atoms with E-state index in [4.69, 9.17) is 4.99 Å². The fraction of sp³-hybridized carbons (Fsp3) is 0.174. The number of nitrogens with zero attached hydrogens (tertiary/aromatic N) is 2. The Balaban J connectivity index is 1.71. The number of para-hydroxylation sites is 1. The Kier molecular flexibility index (Phi) is 3.69. The van der Waals surface area contributed by atoms with Crippen LogP contribution in [0.1, 0.15) is 19.4 Å². The lowest BCUT2D eigenvalue weighted by Gasteiger charge is -2.23. The summed E-state index contributed by atoms with van der Waals surface area (Å²) in [6.07, 6.45) is 4.07. The maximum Gasteiger partial charge on any atom is 0.0707 e. The second-order valence-electron chi connectivity index (χ2n) is 7.03. The molecule has 4 rings (SSSR count). The van der Waals surface area contributed by atoms with Crippen LogP contribution in [0.3, 0.4) is 0 Å². The van der Waals surface area contributed by atoms with Gasteiger partial charge in [-0.05, 0) is 29.2 Å². The van der Waals surface area contributed by atoms with E-state index in [1.807, 2.05) is 6.21 Å². The highest BCUT2D eigenvalue weighted by atomic mass is 15.2. The van der Waals surface area contributed by atoms with Gasteiger partial charge in [-0.15, -0.1) is 0 Å². The predicted molar refractivity (Wildman–Crippen MR) is 108 cm³/mol. The van der Waals surface area contributed by atoms with Crippen LogP contribution in [0.2, 0.25) is 0 Å². The third-order valence-electron chi connectivity index (χ3n) is 5.15. The SMILES string of the molecule is CN1/C(=C/C=Nc2cccc3ccccc23)C(C)(C)c2ccccc21. The van der Waals surface area contributed by atoms with Gasteiger partial charge in [-0.25, -0.2) is 0 Å². The topological polar surface area (TPSA) is 15.6 Å². The molecule has 1 aliphatic rings. The number of fused-ring (bicyclic) bond motifs is 2. The van der Waals surface area contributed by atoms with Crippen LogP contribution in [0.15, 0.2) is 83.5 Å². The number of aliphatic imine (C=N–C) groups is 1. The van der Waals surface area contributed by atoms with E-state index < -0.39 is 0 Å². The maximum atomic E-state index is 4.73. The van der Waals surface area contributed by atoms with E-state index in [-0.39, 0.29) is 5.41 Å². The molecule has 0 aliphatic carbocycles. The predicted octanol–water partition coefficient (Wildman–Crippen LogP) is 5.85. The molecular formula is C23H22N2. The van der Waals surface area contributed by atoms with Crippen molar-refractivity contribution in [3.8, 4) is 0 Å². The second-order valence-corrected chi connectivity index (χ2v) is 7.03. The highest BCUT2D eigenvalue weighted by molar-refractivity contribution is 5.94. The fourth-order valence-electron chi connectivity index (χ4n) is 3.81. The molecule has 3 aromatic rings. The average molecular weight is 326 g/mol. The molecule has 2 heteroatoms. The van der Waals surface area contributed by atoms with Crippen molar-refractivity contribution in [2.24, 2.45) is 4.99 Å². The number of likely N-dealkylation sites (N-methyl/N-ethyl adjacent to an activating group) is 1. The quantitative estimate of drug-likeness (QED) is 0.539. The van der Waals surface area contributed by atoms with E-state index in [0.29, 0.717) is 0 Å². The molecular weight excluding hydrogens is 304 g/mol. The minimum Gasteiger partial charge on any atom is -0.347 e. The lowest BCUT2D eigenvalue weighted by molar-refractivity contribution is 0.641. The normalized spacial score (nSPS) is 17.6. The zero-order chi connectivity index (χ0) is 17.4. The molecule has 0 N–H and O–H groups in total. The molecule has 0 saturated carbocycles. The van der Waals surface area contributed by atoms with Crippen molar-refractivity contribution < 1.29 is 0 Å². The number of hydrogen-bond donors (Lipinski definition) is 0. The summed E-state index contributed by atoms with van der Waals surface area (Å²) >= 11 is 0. The molecule has 0 spiro atoms. The first kappa shape index (κ1) is 15.6. The first-order valence-corrected chi connectivity index (χ1v) is 8.65. The lowest BCUT2D eigenvalue weighted by atomic mass is 9.84. The third-order valence-corrected chi connectivity index (χ3v) is 5.15. The summed E-state index contributed by atoms with van der Waals surface area (Å²) in [7, 11) is 2.13. The molecule has 124 valence electrons. The van der Waals surface area contributed by atoms with Gasteiger partial charge in [-0.1, -0.05) is 68.4 Å². The number of rotatable bonds is 2. The summed E-state index contributed by atoms with van der Waals surface area (Å²) in [5.74, 6) is 0. The summed E-state index contributed by atoms with van der Waals surface area (Å²) in [5.41, 5.74) is 4.89. The van der Waals surface area contributed by atoms with E-state index in [0.717, 1.165) is 5.69 Å². The highest BCUT2D eigenvalue weighted by Crippen LogP contribution is 2.46. The average Bonchev–Trinajstić information content (AvgIpc) is 2.83. The van der Waals surface area contributed by atoms with Crippen LogP contribution < -0.4 is 4.90 Å². The van der Waals surface area contributed by atoms with E-state index in [9.17, 15) is 0 Å². The summed E-state index contributed by atoms with van der Waals surface area (Å²) < 4.78 is 0. The van der Waals surface area contributed by atoms with Gasteiger partial charge in [0.2, 0.25) is 0 Å².